The highest BCUT2D eigenvalue weighted by molar-refractivity contribution is 5.89. The number of ether oxygens (including phenoxy) is 2. The monoisotopic (exact) mass is 375 g/mol. The first-order valence-electron chi connectivity index (χ1n) is 9.54. The van der Waals surface area contributed by atoms with Crippen LogP contribution in [-0.4, -0.2) is 69.3 Å². The van der Waals surface area contributed by atoms with Crippen LogP contribution < -0.4 is 10.6 Å². The minimum atomic E-state index is -0.335. The molecule has 7 nitrogen and oxygen atoms in total. The maximum atomic E-state index is 12.9. The molecule has 2 N–H and O–H groups in total. The van der Waals surface area contributed by atoms with E-state index in [2.05, 4.69) is 4.90 Å². The van der Waals surface area contributed by atoms with E-state index < -0.39 is 0 Å². The average molecular weight is 375 g/mol. The van der Waals surface area contributed by atoms with Crippen LogP contribution >= 0.6 is 0 Å². The average Bonchev–Trinajstić information content (AvgIpc) is 2.73. The number of benzene rings is 1. The van der Waals surface area contributed by atoms with Crippen molar-refractivity contribution in [2.24, 2.45) is 11.7 Å². The smallest absolute Gasteiger partial charge is 0.337 e. The molecule has 0 radical (unpaired) electrons. The van der Waals surface area contributed by atoms with Crippen LogP contribution in [0, 0.1) is 5.92 Å². The number of anilines is 1. The molecule has 0 spiro atoms. The maximum Gasteiger partial charge on any atom is 0.337 e. The fraction of sp³-hybridized carbons (Fsp3) is 0.600. The molecule has 7 heteroatoms. The standard InChI is InChI=1S/C20H29N3O4/c1-26-18-13-15(5-8-17(18)21)19(24)23-11-9-22(10-12-23)16-6-3-14(4-7-16)20(25)27-2/h3-4,6-7,15,17-18H,5,8-13,21H2,1-2H3/t15-,17+,18+/m0/s1. The molecule has 1 aromatic rings. The molecule has 27 heavy (non-hydrogen) atoms. The van der Waals surface area contributed by atoms with Gasteiger partial charge in [-0.3, -0.25) is 4.79 Å². The highest BCUT2D eigenvalue weighted by Crippen LogP contribution is 2.28. The number of piperazine rings is 1. The van der Waals surface area contributed by atoms with Gasteiger partial charge in [-0.25, -0.2) is 4.79 Å². The topological polar surface area (TPSA) is 85.1 Å². The second-order valence-electron chi connectivity index (χ2n) is 7.30. The second-order valence-corrected chi connectivity index (χ2v) is 7.30. The Hall–Kier alpha value is -2.12. The van der Waals surface area contributed by atoms with Crippen LogP contribution in [0.15, 0.2) is 24.3 Å². The van der Waals surface area contributed by atoms with Gasteiger partial charge in [-0.05, 0) is 43.5 Å². The van der Waals surface area contributed by atoms with E-state index in [9.17, 15) is 9.59 Å². The van der Waals surface area contributed by atoms with Gasteiger partial charge in [0.2, 0.25) is 5.91 Å². The Morgan fingerprint density at radius 3 is 2.30 bits per heavy atom. The van der Waals surface area contributed by atoms with Crippen molar-refractivity contribution >= 4 is 17.6 Å². The summed E-state index contributed by atoms with van der Waals surface area (Å²) in [4.78, 5) is 28.6. The Bertz CT molecular complexity index is 656. The molecule has 1 saturated carbocycles. The first-order valence-corrected chi connectivity index (χ1v) is 9.54. The highest BCUT2D eigenvalue weighted by atomic mass is 16.5. The number of rotatable bonds is 4. The van der Waals surface area contributed by atoms with E-state index in [1.54, 1.807) is 19.2 Å². The molecule has 1 heterocycles. The van der Waals surface area contributed by atoms with Crippen molar-refractivity contribution in [3.8, 4) is 0 Å². The van der Waals surface area contributed by atoms with Crippen LogP contribution in [0.2, 0.25) is 0 Å². The number of hydrogen-bond donors (Lipinski definition) is 1. The van der Waals surface area contributed by atoms with Crippen LogP contribution in [0.25, 0.3) is 0 Å². The number of carbonyl (C=O) groups is 2. The third-order valence-electron chi connectivity index (χ3n) is 5.74. The Morgan fingerprint density at radius 2 is 1.70 bits per heavy atom. The predicted molar refractivity (Wildman–Crippen MR) is 103 cm³/mol. The lowest BCUT2D eigenvalue weighted by Crippen LogP contribution is -2.52. The first kappa shape index (κ1) is 19.6. The quantitative estimate of drug-likeness (QED) is 0.798. The molecule has 1 aromatic carbocycles. The first-order chi connectivity index (χ1) is 13.0. The summed E-state index contributed by atoms with van der Waals surface area (Å²) in [6, 6.07) is 7.43. The van der Waals surface area contributed by atoms with E-state index >= 15 is 0 Å². The zero-order chi connectivity index (χ0) is 19.4. The van der Waals surface area contributed by atoms with Crippen molar-refractivity contribution in [1.29, 1.82) is 0 Å². The molecule has 148 valence electrons. The van der Waals surface area contributed by atoms with Crippen molar-refractivity contribution in [3.63, 3.8) is 0 Å². The van der Waals surface area contributed by atoms with Gasteiger partial charge in [0.15, 0.2) is 0 Å². The van der Waals surface area contributed by atoms with Gasteiger partial charge >= 0.3 is 5.97 Å². The fourth-order valence-corrected chi connectivity index (χ4v) is 4.02. The van der Waals surface area contributed by atoms with Crippen molar-refractivity contribution in [3.05, 3.63) is 29.8 Å². The lowest BCUT2D eigenvalue weighted by atomic mass is 9.83. The van der Waals surface area contributed by atoms with Gasteiger partial charge in [0, 0.05) is 50.9 Å². The zero-order valence-electron chi connectivity index (χ0n) is 16.1. The van der Waals surface area contributed by atoms with Crippen molar-refractivity contribution in [2.45, 2.75) is 31.4 Å². The number of hydrogen-bond acceptors (Lipinski definition) is 6. The van der Waals surface area contributed by atoms with Crippen LogP contribution in [0.1, 0.15) is 29.6 Å². The number of methoxy groups -OCH3 is 2. The summed E-state index contributed by atoms with van der Waals surface area (Å²) < 4.78 is 10.2. The van der Waals surface area contributed by atoms with Crippen LogP contribution in [-0.2, 0) is 14.3 Å². The van der Waals surface area contributed by atoms with Crippen molar-refractivity contribution in [1.82, 2.24) is 4.90 Å². The molecule has 0 aromatic heterocycles. The molecule has 0 bridgehead atoms. The fourth-order valence-electron chi connectivity index (χ4n) is 4.02. The summed E-state index contributed by atoms with van der Waals surface area (Å²) in [5, 5.41) is 0. The van der Waals surface area contributed by atoms with E-state index in [0.29, 0.717) is 25.1 Å². The van der Waals surface area contributed by atoms with Gasteiger partial charge in [0.05, 0.1) is 18.8 Å². The van der Waals surface area contributed by atoms with Gasteiger partial charge < -0.3 is 25.0 Å². The highest BCUT2D eigenvalue weighted by Gasteiger charge is 2.35. The second kappa shape index (κ2) is 8.71. The van der Waals surface area contributed by atoms with Crippen LogP contribution in [0.4, 0.5) is 5.69 Å². The molecular formula is C20H29N3O4. The number of nitrogens with zero attached hydrogens (tertiary/aromatic N) is 2. The Balaban J connectivity index is 1.54. The number of carbonyl (C=O) groups excluding carboxylic acids is 2. The maximum absolute atomic E-state index is 12.9. The van der Waals surface area contributed by atoms with Gasteiger partial charge in [-0.15, -0.1) is 0 Å². The van der Waals surface area contributed by atoms with Crippen LogP contribution in [0.5, 0.6) is 0 Å². The molecule has 1 aliphatic carbocycles. The van der Waals surface area contributed by atoms with E-state index in [1.165, 1.54) is 7.11 Å². The zero-order valence-corrected chi connectivity index (χ0v) is 16.1. The Morgan fingerprint density at radius 1 is 1.04 bits per heavy atom. The largest absolute Gasteiger partial charge is 0.465 e. The molecule has 3 rings (SSSR count). The Kier molecular flexibility index (Phi) is 6.34. The van der Waals surface area contributed by atoms with Gasteiger partial charge in [-0.2, -0.15) is 0 Å². The molecule has 3 atom stereocenters. The number of esters is 1. The minimum Gasteiger partial charge on any atom is -0.465 e. The molecule has 1 amide bonds. The number of nitrogens with two attached hydrogens (primary N) is 1. The van der Waals surface area contributed by atoms with E-state index in [0.717, 1.165) is 31.6 Å². The SMILES string of the molecule is COC(=O)c1ccc(N2CCN(C(=O)[C@H]3CC[C@@H](N)[C@H](OC)C3)CC2)cc1. The molecule has 1 aliphatic heterocycles. The van der Waals surface area contributed by atoms with E-state index in [4.69, 9.17) is 15.2 Å². The van der Waals surface area contributed by atoms with Crippen molar-refractivity contribution < 1.29 is 19.1 Å². The summed E-state index contributed by atoms with van der Waals surface area (Å²) >= 11 is 0. The lowest BCUT2D eigenvalue weighted by Gasteiger charge is -2.39. The summed E-state index contributed by atoms with van der Waals surface area (Å²) in [6.07, 6.45) is 2.37. The molecule has 0 unspecified atom stereocenters. The summed E-state index contributed by atoms with van der Waals surface area (Å²) in [6.45, 7) is 2.97. The summed E-state index contributed by atoms with van der Waals surface area (Å²) in [7, 11) is 3.04. The number of amides is 1. The summed E-state index contributed by atoms with van der Waals surface area (Å²) in [5.74, 6) is -0.0937. The molecule has 2 fully saturated rings. The van der Waals surface area contributed by atoms with Crippen molar-refractivity contribution in [2.75, 3.05) is 45.3 Å². The summed E-state index contributed by atoms with van der Waals surface area (Å²) in [5.41, 5.74) is 7.66. The normalized spacial score (nSPS) is 26.0. The third kappa shape index (κ3) is 4.42. The molecule has 1 saturated heterocycles. The van der Waals surface area contributed by atoms with Gasteiger partial charge in [0.25, 0.3) is 0 Å². The Labute approximate surface area is 160 Å². The third-order valence-corrected chi connectivity index (χ3v) is 5.74. The van der Waals surface area contributed by atoms with E-state index in [1.807, 2.05) is 17.0 Å². The van der Waals surface area contributed by atoms with Crippen LogP contribution in [0.3, 0.4) is 0 Å². The minimum absolute atomic E-state index is 0.0145. The molecule has 2 aliphatic rings. The predicted octanol–water partition coefficient (Wildman–Crippen LogP) is 1.26. The lowest BCUT2D eigenvalue weighted by molar-refractivity contribution is -0.138. The van der Waals surface area contributed by atoms with Gasteiger partial charge in [0.1, 0.15) is 0 Å². The van der Waals surface area contributed by atoms with E-state index in [-0.39, 0.29) is 29.9 Å². The van der Waals surface area contributed by atoms with Gasteiger partial charge in [-0.1, -0.05) is 0 Å². The molecular weight excluding hydrogens is 346 g/mol.